The van der Waals surface area contributed by atoms with Crippen LogP contribution in [0.15, 0.2) is 34.9 Å². The Morgan fingerprint density at radius 1 is 1.27 bits per heavy atom. The van der Waals surface area contributed by atoms with Gasteiger partial charge in [-0.05, 0) is 28.1 Å². The van der Waals surface area contributed by atoms with Gasteiger partial charge < -0.3 is 9.64 Å². The number of carbonyl (C=O) groups is 1. The highest BCUT2D eigenvalue weighted by molar-refractivity contribution is 9.10. The Balaban J connectivity index is 1.77. The van der Waals surface area contributed by atoms with E-state index in [1.807, 2.05) is 18.3 Å². The number of carbonyl (C=O) groups excluding carboxylic acids is 1. The molecule has 6 heteroatoms. The number of hydrogen-bond donors (Lipinski definition) is 0. The first-order valence-electron chi connectivity index (χ1n) is 7.26. The van der Waals surface area contributed by atoms with Crippen molar-refractivity contribution in [3.8, 4) is 0 Å². The number of ether oxygens (including phenoxy) is 1. The van der Waals surface area contributed by atoms with E-state index in [9.17, 15) is 4.79 Å². The fraction of sp³-hybridized carbons (Fsp3) is 0.375. The first-order chi connectivity index (χ1) is 10.7. The molecule has 0 atom stereocenters. The first kappa shape index (κ1) is 15.2. The lowest BCUT2D eigenvalue weighted by Crippen LogP contribution is -2.48. The summed E-state index contributed by atoms with van der Waals surface area (Å²) in [6.07, 6.45) is 1.85. The van der Waals surface area contributed by atoms with Crippen molar-refractivity contribution in [3.05, 3.63) is 34.9 Å². The van der Waals surface area contributed by atoms with E-state index in [2.05, 4.69) is 42.8 Å². The lowest BCUT2D eigenvalue weighted by molar-refractivity contribution is -0.142. The lowest BCUT2D eigenvalue weighted by Gasteiger charge is -2.36. The van der Waals surface area contributed by atoms with Crippen LogP contribution in [0.2, 0.25) is 0 Å². The smallest absolute Gasteiger partial charge is 0.319 e. The number of hydrogen-bond acceptors (Lipinski definition) is 5. The molecule has 0 bridgehead atoms. The molecule has 5 nitrogen and oxygen atoms in total. The number of aromatic nitrogens is 1. The Morgan fingerprint density at radius 2 is 2.05 bits per heavy atom. The summed E-state index contributed by atoms with van der Waals surface area (Å²) in [5.74, 6) is -0.174. The van der Waals surface area contributed by atoms with Crippen molar-refractivity contribution < 1.29 is 9.53 Å². The molecule has 0 aliphatic carbocycles. The monoisotopic (exact) mass is 363 g/mol. The molecule has 0 unspecified atom stereocenters. The standard InChI is InChI=1S/C16H18BrN3O2/c1-22-15(21)11-19-7-9-20(10-8-19)14-5-6-18-16-12(14)3-2-4-13(16)17/h2-6H,7-11H2,1H3. The molecule has 1 aliphatic rings. The third kappa shape index (κ3) is 3.08. The maximum atomic E-state index is 11.4. The van der Waals surface area contributed by atoms with Gasteiger partial charge in [-0.2, -0.15) is 0 Å². The molecule has 0 spiro atoms. The van der Waals surface area contributed by atoms with Crippen molar-refractivity contribution in [1.82, 2.24) is 9.88 Å². The number of piperazine rings is 1. The Hall–Kier alpha value is -1.66. The second-order valence-electron chi connectivity index (χ2n) is 5.31. The van der Waals surface area contributed by atoms with E-state index in [1.54, 1.807) is 0 Å². The minimum absolute atomic E-state index is 0.174. The quantitative estimate of drug-likeness (QED) is 0.783. The summed E-state index contributed by atoms with van der Waals surface area (Å²) in [4.78, 5) is 20.3. The van der Waals surface area contributed by atoms with Crippen LogP contribution in [-0.4, -0.2) is 55.7 Å². The fourth-order valence-electron chi connectivity index (χ4n) is 2.80. The van der Waals surface area contributed by atoms with Gasteiger partial charge in [0.1, 0.15) is 0 Å². The van der Waals surface area contributed by atoms with Gasteiger partial charge in [0.25, 0.3) is 0 Å². The van der Waals surface area contributed by atoms with E-state index in [4.69, 9.17) is 4.74 Å². The average molecular weight is 364 g/mol. The predicted octanol–water partition coefficient (Wildman–Crippen LogP) is 2.29. The molecule has 1 fully saturated rings. The normalized spacial score (nSPS) is 16.0. The van der Waals surface area contributed by atoms with Gasteiger partial charge in [0.15, 0.2) is 0 Å². The van der Waals surface area contributed by atoms with Crippen LogP contribution in [0.3, 0.4) is 0 Å². The summed E-state index contributed by atoms with van der Waals surface area (Å²) in [6.45, 7) is 3.86. The molecule has 0 N–H and O–H groups in total. The van der Waals surface area contributed by atoms with Gasteiger partial charge >= 0.3 is 5.97 Å². The van der Waals surface area contributed by atoms with Gasteiger partial charge in [0, 0.05) is 47.9 Å². The van der Waals surface area contributed by atoms with Crippen LogP contribution in [0, 0.1) is 0 Å². The first-order valence-corrected chi connectivity index (χ1v) is 8.05. The van der Waals surface area contributed by atoms with Crippen molar-refractivity contribution >= 4 is 38.5 Å². The van der Waals surface area contributed by atoms with Gasteiger partial charge in [-0.3, -0.25) is 14.7 Å². The number of halogens is 1. The molecule has 2 aromatic rings. The van der Waals surface area contributed by atoms with E-state index in [1.165, 1.54) is 12.8 Å². The van der Waals surface area contributed by atoms with E-state index >= 15 is 0 Å². The van der Waals surface area contributed by atoms with E-state index < -0.39 is 0 Å². The zero-order valence-electron chi connectivity index (χ0n) is 12.5. The minimum Gasteiger partial charge on any atom is -0.468 e. The van der Waals surface area contributed by atoms with Gasteiger partial charge in [-0.15, -0.1) is 0 Å². The van der Waals surface area contributed by atoms with Crippen LogP contribution in [0.4, 0.5) is 5.69 Å². The molecule has 22 heavy (non-hydrogen) atoms. The molecule has 0 saturated carbocycles. The summed E-state index contributed by atoms with van der Waals surface area (Å²) >= 11 is 3.56. The van der Waals surface area contributed by atoms with Gasteiger partial charge in [0.05, 0.1) is 19.2 Å². The minimum atomic E-state index is -0.174. The number of anilines is 1. The van der Waals surface area contributed by atoms with Crippen molar-refractivity contribution in [2.24, 2.45) is 0 Å². The number of nitrogens with zero attached hydrogens (tertiary/aromatic N) is 3. The highest BCUT2D eigenvalue weighted by Gasteiger charge is 2.20. The Morgan fingerprint density at radius 3 is 2.77 bits per heavy atom. The van der Waals surface area contributed by atoms with Crippen LogP contribution in [0.25, 0.3) is 10.9 Å². The topological polar surface area (TPSA) is 45.7 Å². The SMILES string of the molecule is COC(=O)CN1CCN(c2ccnc3c(Br)cccc23)CC1. The van der Waals surface area contributed by atoms with Crippen LogP contribution < -0.4 is 4.90 Å². The second kappa shape index (κ2) is 6.62. The summed E-state index contributed by atoms with van der Waals surface area (Å²) in [6, 6.07) is 8.20. The number of para-hydroxylation sites is 1. The molecule has 3 rings (SSSR count). The van der Waals surface area contributed by atoms with E-state index in [-0.39, 0.29) is 5.97 Å². The van der Waals surface area contributed by atoms with Gasteiger partial charge in [-0.25, -0.2) is 0 Å². The number of methoxy groups -OCH3 is 1. The highest BCUT2D eigenvalue weighted by atomic mass is 79.9. The Bertz CT molecular complexity index is 684. The number of pyridine rings is 1. The summed E-state index contributed by atoms with van der Waals surface area (Å²) in [5.41, 5.74) is 2.18. The summed E-state index contributed by atoms with van der Waals surface area (Å²) in [5, 5.41) is 1.15. The molecular formula is C16H18BrN3O2. The second-order valence-corrected chi connectivity index (χ2v) is 6.16. The van der Waals surface area contributed by atoms with Crippen molar-refractivity contribution in [3.63, 3.8) is 0 Å². The van der Waals surface area contributed by atoms with E-state index in [0.717, 1.165) is 41.6 Å². The predicted molar refractivity (Wildman–Crippen MR) is 90.1 cm³/mol. The molecule has 1 aromatic heterocycles. The Kier molecular flexibility index (Phi) is 4.59. The highest BCUT2D eigenvalue weighted by Crippen LogP contribution is 2.30. The van der Waals surface area contributed by atoms with Gasteiger partial charge in [0.2, 0.25) is 0 Å². The average Bonchev–Trinajstić information content (AvgIpc) is 2.55. The maximum Gasteiger partial charge on any atom is 0.319 e. The molecule has 0 radical (unpaired) electrons. The van der Waals surface area contributed by atoms with Crippen molar-refractivity contribution in [2.45, 2.75) is 0 Å². The van der Waals surface area contributed by atoms with Crippen molar-refractivity contribution in [2.75, 3.05) is 44.7 Å². The molecule has 116 valence electrons. The van der Waals surface area contributed by atoms with E-state index in [0.29, 0.717) is 6.54 Å². The number of esters is 1. The van der Waals surface area contributed by atoms with Crippen LogP contribution in [-0.2, 0) is 9.53 Å². The summed E-state index contributed by atoms with van der Waals surface area (Å²) in [7, 11) is 1.43. The zero-order valence-corrected chi connectivity index (χ0v) is 14.0. The molecule has 2 heterocycles. The molecule has 0 amide bonds. The third-order valence-corrected chi connectivity index (χ3v) is 4.63. The maximum absolute atomic E-state index is 11.4. The van der Waals surface area contributed by atoms with Crippen LogP contribution in [0.1, 0.15) is 0 Å². The van der Waals surface area contributed by atoms with Crippen molar-refractivity contribution in [1.29, 1.82) is 0 Å². The molecular weight excluding hydrogens is 346 g/mol. The van der Waals surface area contributed by atoms with Gasteiger partial charge in [-0.1, -0.05) is 12.1 Å². The zero-order chi connectivity index (χ0) is 15.5. The Labute approximate surface area is 138 Å². The lowest BCUT2D eigenvalue weighted by atomic mass is 10.1. The largest absolute Gasteiger partial charge is 0.468 e. The fourth-order valence-corrected chi connectivity index (χ4v) is 3.26. The number of rotatable bonds is 3. The number of fused-ring (bicyclic) bond motifs is 1. The number of benzene rings is 1. The third-order valence-electron chi connectivity index (χ3n) is 3.99. The summed E-state index contributed by atoms with van der Waals surface area (Å²) < 4.78 is 5.74. The molecule has 1 aromatic carbocycles. The van der Waals surface area contributed by atoms with Crippen LogP contribution in [0.5, 0.6) is 0 Å². The van der Waals surface area contributed by atoms with Crippen LogP contribution >= 0.6 is 15.9 Å². The molecule has 1 saturated heterocycles. The molecule has 1 aliphatic heterocycles.